The van der Waals surface area contributed by atoms with Gasteiger partial charge in [0.2, 0.25) is 4.96 Å². The van der Waals surface area contributed by atoms with Crippen LogP contribution in [0.2, 0.25) is 0 Å². The molecular weight excluding hydrogens is 304 g/mol. The van der Waals surface area contributed by atoms with E-state index in [0.717, 1.165) is 40.5 Å². The summed E-state index contributed by atoms with van der Waals surface area (Å²) in [7, 11) is 0. The Kier molecular flexibility index (Phi) is 4.44. The monoisotopic (exact) mass is 324 g/mol. The highest BCUT2D eigenvalue weighted by Crippen LogP contribution is 2.28. The number of nitriles is 1. The molecule has 0 unspecified atom stereocenters. The van der Waals surface area contributed by atoms with Gasteiger partial charge in [-0.2, -0.15) is 14.9 Å². The molecule has 0 radical (unpaired) electrons. The average molecular weight is 324 g/mol. The molecule has 0 aliphatic rings. The molecule has 3 aromatic rings. The van der Waals surface area contributed by atoms with Gasteiger partial charge in [0.1, 0.15) is 16.8 Å². The van der Waals surface area contributed by atoms with Crippen molar-refractivity contribution < 1.29 is 0 Å². The fraction of sp³-hybridized carbons (Fsp3) is 0.389. The van der Waals surface area contributed by atoms with Crippen LogP contribution in [-0.2, 0) is 6.42 Å². The van der Waals surface area contributed by atoms with Crippen molar-refractivity contribution in [2.45, 2.75) is 46.0 Å². The molecular formula is C18H20N4S. The van der Waals surface area contributed by atoms with Gasteiger partial charge in [-0.3, -0.25) is 0 Å². The number of unbranched alkanes of at least 4 members (excludes halogenated alkanes) is 1. The van der Waals surface area contributed by atoms with Crippen molar-refractivity contribution in [3.8, 4) is 17.3 Å². The van der Waals surface area contributed by atoms with Crippen LogP contribution in [0.4, 0.5) is 0 Å². The maximum atomic E-state index is 9.55. The molecule has 0 aliphatic carbocycles. The van der Waals surface area contributed by atoms with Gasteiger partial charge in [-0.1, -0.05) is 62.8 Å². The summed E-state index contributed by atoms with van der Waals surface area (Å²) >= 11 is 1.58. The van der Waals surface area contributed by atoms with E-state index >= 15 is 0 Å². The molecule has 2 aromatic heterocycles. The van der Waals surface area contributed by atoms with Crippen molar-refractivity contribution in [2.75, 3.05) is 0 Å². The maximum Gasteiger partial charge on any atom is 0.214 e. The third-order valence-electron chi connectivity index (χ3n) is 3.95. The lowest BCUT2D eigenvalue weighted by Crippen LogP contribution is -1.93. The van der Waals surface area contributed by atoms with Gasteiger partial charge in [0.05, 0.1) is 0 Å². The molecule has 4 nitrogen and oxygen atoms in total. The van der Waals surface area contributed by atoms with Gasteiger partial charge < -0.3 is 0 Å². The first-order chi connectivity index (χ1) is 11.1. The molecule has 0 atom stereocenters. The molecule has 0 saturated carbocycles. The minimum absolute atomic E-state index is 0.493. The predicted molar refractivity (Wildman–Crippen MR) is 93.7 cm³/mol. The molecule has 0 amide bonds. The van der Waals surface area contributed by atoms with Crippen LogP contribution in [0.25, 0.3) is 16.2 Å². The predicted octanol–water partition coefficient (Wildman–Crippen LogP) is 4.80. The summed E-state index contributed by atoms with van der Waals surface area (Å²) in [5, 5.41) is 15.2. The molecule has 5 heteroatoms. The van der Waals surface area contributed by atoms with Gasteiger partial charge >= 0.3 is 0 Å². The Morgan fingerprint density at radius 2 is 2.00 bits per heavy atom. The van der Waals surface area contributed by atoms with Gasteiger partial charge in [0.25, 0.3) is 0 Å². The second kappa shape index (κ2) is 6.51. The zero-order valence-corrected chi connectivity index (χ0v) is 14.5. The zero-order chi connectivity index (χ0) is 16.4. The van der Waals surface area contributed by atoms with Crippen LogP contribution in [0.15, 0.2) is 24.3 Å². The lowest BCUT2D eigenvalue weighted by atomic mass is 10.0. The fourth-order valence-electron chi connectivity index (χ4n) is 2.54. The van der Waals surface area contributed by atoms with Crippen LogP contribution in [0.3, 0.4) is 0 Å². The Labute approximate surface area is 140 Å². The van der Waals surface area contributed by atoms with Crippen molar-refractivity contribution in [1.29, 1.82) is 5.26 Å². The van der Waals surface area contributed by atoms with E-state index in [4.69, 9.17) is 0 Å². The van der Waals surface area contributed by atoms with Gasteiger partial charge in [0, 0.05) is 12.0 Å². The van der Waals surface area contributed by atoms with Gasteiger partial charge in [-0.15, -0.1) is 0 Å². The Hall–Kier alpha value is -2.19. The summed E-state index contributed by atoms with van der Waals surface area (Å²) in [6.45, 7) is 6.51. The largest absolute Gasteiger partial charge is 0.216 e. The molecule has 0 spiro atoms. The van der Waals surface area contributed by atoms with Crippen LogP contribution in [0.1, 0.15) is 55.8 Å². The third-order valence-corrected chi connectivity index (χ3v) is 4.91. The molecule has 0 bridgehead atoms. The number of imidazole rings is 1. The van der Waals surface area contributed by atoms with Crippen molar-refractivity contribution in [3.63, 3.8) is 0 Å². The summed E-state index contributed by atoms with van der Waals surface area (Å²) in [6, 6.07) is 10.6. The Morgan fingerprint density at radius 3 is 2.61 bits per heavy atom. The smallest absolute Gasteiger partial charge is 0.214 e. The van der Waals surface area contributed by atoms with E-state index in [0.29, 0.717) is 11.6 Å². The number of rotatable bonds is 5. The normalized spacial score (nSPS) is 11.3. The SMILES string of the molecule is CCCCc1nn2c(C#N)c(-c3ccc(C(C)C)cc3)nc2s1. The molecule has 23 heavy (non-hydrogen) atoms. The summed E-state index contributed by atoms with van der Waals surface area (Å²) < 4.78 is 1.70. The van der Waals surface area contributed by atoms with Crippen molar-refractivity contribution in [3.05, 3.63) is 40.5 Å². The number of aryl methyl sites for hydroxylation is 1. The summed E-state index contributed by atoms with van der Waals surface area (Å²) in [5.74, 6) is 0.493. The summed E-state index contributed by atoms with van der Waals surface area (Å²) in [6.07, 6.45) is 3.20. The van der Waals surface area contributed by atoms with Crippen molar-refractivity contribution in [1.82, 2.24) is 14.6 Å². The van der Waals surface area contributed by atoms with Gasteiger partial charge in [-0.25, -0.2) is 4.98 Å². The van der Waals surface area contributed by atoms with Gasteiger partial charge in [-0.05, 0) is 17.9 Å². The average Bonchev–Trinajstić information content (AvgIpc) is 3.09. The maximum absolute atomic E-state index is 9.55. The first-order valence-electron chi connectivity index (χ1n) is 8.03. The van der Waals surface area contributed by atoms with Crippen molar-refractivity contribution >= 4 is 16.3 Å². The van der Waals surface area contributed by atoms with Crippen LogP contribution in [-0.4, -0.2) is 14.6 Å². The minimum Gasteiger partial charge on any atom is -0.216 e. The summed E-state index contributed by atoms with van der Waals surface area (Å²) in [5.41, 5.74) is 3.51. The number of hydrogen-bond donors (Lipinski definition) is 0. The van der Waals surface area contributed by atoms with E-state index in [1.54, 1.807) is 15.9 Å². The second-order valence-corrected chi connectivity index (χ2v) is 7.03. The van der Waals surface area contributed by atoms with E-state index in [1.165, 1.54) is 5.56 Å². The highest BCUT2D eigenvalue weighted by Gasteiger charge is 2.17. The van der Waals surface area contributed by atoms with Crippen LogP contribution >= 0.6 is 11.3 Å². The van der Waals surface area contributed by atoms with Crippen LogP contribution in [0, 0.1) is 11.3 Å². The molecule has 0 aliphatic heterocycles. The number of fused-ring (bicyclic) bond motifs is 1. The highest BCUT2D eigenvalue weighted by molar-refractivity contribution is 7.16. The van der Waals surface area contributed by atoms with E-state index in [9.17, 15) is 5.26 Å². The topological polar surface area (TPSA) is 54.0 Å². The van der Waals surface area contributed by atoms with E-state index in [2.05, 4.69) is 49.1 Å². The number of nitrogens with zero attached hydrogens (tertiary/aromatic N) is 4. The standard InChI is InChI=1S/C18H20N4S/c1-4-5-6-16-21-22-15(11-19)17(20-18(22)23-16)14-9-7-13(8-10-14)12(2)3/h7-10,12H,4-6H2,1-3H3. The number of aromatic nitrogens is 3. The third kappa shape index (κ3) is 2.99. The van der Waals surface area contributed by atoms with E-state index in [-0.39, 0.29) is 0 Å². The molecule has 1 aromatic carbocycles. The zero-order valence-electron chi connectivity index (χ0n) is 13.7. The Bertz CT molecular complexity index is 850. The van der Waals surface area contributed by atoms with Crippen molar-refractivity contribution in [2.24, 2.45) is 0 Å². The van der Waals surface area contributed by atoms with Gasteiger partial charge in [0.15, 0.2) is 5.69 Å². The number of hydrogen-bond acceptors (Lipinski definition) is 4. The van der Waals surface area contributed by atoms with E-state index < -0.39 is 0 Å². The summed E-state index contributed by atoms with van der Waals surface area (Å²) in [4.78, 5) is 5.45. The Morgan fingerprint density at radius 1 is 1.26 bits per heavy atom. The molecule has 0 saturated heterocycles. The first-order valence-corrected chi connectivity index (χ1v) is 8.84. The lowest BCUT2D eigenvalue weighted by Gasteiger charge is -2.05. The highest BCUT2D eigenvalue weighted by atomic mass is 32.1. The molecule has 2 heterocycles. The quantitative estimate of drug-likeness (QED) is 0.677. The molecule has 3 rings (SSSR count). The number of benzene rings is 1. The molecule has 118 valence electrons. The molecule has 0 N–H and O–H groups in total. The van der Waals surface area contributed by atoms with Crippen LogP contribution < -0.4 is 0 Å². The minimum atomic E-state index is 0.493. The first kappa shape index (κ1) is 15.7. The van der Waals surface area contributed by atoms with E-state index in [1.807, 2.05) is 12.1 Å². The fourth-order valence-corrected chi connectivity index (χ4v) is 3.48. The Balaban J connectivity index is 2.01. The molecule has 0 fully saturated rings. The second-order valence-electron chi connectivity index (χ2n) is 5.99. The van der Waals surface area contributed by atoms with Crippen LogP contribution in [0.5, 0.6) is 0 Å². The lowest BCUT2D eigenvalue weighted by molar-refractivity contribution is 0.769.